The maximum absolute atomic E-state index is 14.2. The molecule has 3 rings (SSSR count). The average molecular weight is 726 g/mol. The number of amides is 4. The number of likely N-dealkylation sites (N-methyl/N-ethyl adjacent to an activating group) is 1. The first-order valence-electron chi connectivity index (χ1n) is 18.9. The van der Waals surface area contributed by atoms with Gasteiger partial charge in [-0.2, -0.15) is 0 Å². The quantitative estimate of drug-likeness (QED) is 0.176. The predicted octanol–water partition coefficient (Wildman–Crippen LogP) is 6.27. The molecule has 1 aromatic heterocycles. The zero-order valence-electron chi connectivity index (χ0n) is 32.6. The number of hydrogen-bond donors (Lipinski definition) is 2. The number of likely N-dealkylation sites (tertiary alicyclic amines) is 1. The summed E-state index contributed by atoms with van der Waals surface area (Å²) in [5.41, 5.74) is 1.11. The maximum atomic E-state index is 14.2. The highest BCUT2D eigenvalue weighted by atomic mass is 32.1. The van der Waals surface area contributed by atoms with E-state index in [0.29, 0.717) is 19.4 Å². The summed E-state index contributed by atoms with van der Waals surface area (Å²) < 4.78 is 6.03. The van der Waals surface area contributed by atoms with Gasteiger partial charge in [-0.15, -0.1) is 11.3 Å². The van der Waals surface area contributed by atoms with E-state index in [-0.39, 0.29) is 71.8 Å². The highest BCUT2D eigenvalue weighted by Gasteiger charge is 2.42. The van der Waals surface area contributed by atoms with Crippen LogP contribution in [0.5, 0.6) is 0 Å². The van der Waals surface area contributed by atoms with Gasteiger partial charge >= 0.3 is 0 Å². The molecule has 0 aliphatic carbocycles. The fourth-order valence-corrected chi connectivity index (χ4v) is 8.19. The lowest BCUT2D eigenvalue weighted by atomic mass is 9.82. The number of nitrogens with one attached hydrogen (secondary N) is 2. The maximum Gasteiger partial charge on any atom is 0.245 e. The number of rotatable bonds is 19. The van der Waals surface area contributed by atoms with Gasteiger partial charge in [0.25, 0.3) is 0 Å². The fraction of sp³-hybridized carbons (Fsp3) is 0.675. The zero-order chi connectivity index (χ0) is 37.8. The first-order chi connectivity index (χ1) is 24.2. The largest absolute Gasteiger partial charge is 0.378 e. The van der Waals surface area contributed by atoms with Crippen molar-refractivity contribution in [1.29, 1.82) is 0 Å². The molecule has 0 radical (unpaired) electrons. The molecule has 1 aromatic carbocycles. The minimum absolute atomic E-state index is 0.0198. The van der Waals surface area contributed by atoms with Crippen LogP contribution in [0.2, 0.25) is 0 Å². The summed E-state index contributed by atoms with van der Waals surface area (Å²) in [6.45, 7) is 16.3. The second-order valence-electron chi connectivity index (χ2n) is 15.0. The molecule has 1 aliphatic heterocycles. The van der Waals surface area contributed by atoms with Crippen molar-refractivity contribution in [1.82, 2.24) is 25.4 Å². The van der Waals surface area contributed by atoms with Crippen molar-refractivity contribution in [2.45, 2.75) is 124 Å². The van der Waals surface area contributed by atoms with Crippen molar-refractivity contribution in [3.63, 3.8) is 0 Å². The Morgan fingerprint density at radius 3 is 2.24 bits per heavy atom. The summed E-state index contributed by atoms with van der Waals surface area (Å²) in [5.74, 6) is -1.18. The van der Waals surface area contributed by atoms with Crippen molar-refractivity contribution >= 4 is 35.0 Å². The molecule has 8 atom stereocenters. The standard InChI is InChI=1S/C40H63N5O5S/c1-11-27(7)35(44(9)40(49)34(25(3)4)43-37(47)26(5)6)30(12-2)24-33(46)45-21-16-19-32(45)36(50-10)28(8)38(48)42-31(39-41-20-22-51-39)23-29-17-14-13-15-18-29/h13-15,17-18,20,22,25-28,30-32,34-36H,11-12,16,19,21,23-24H2,1-10H3,(H,42,48)(H,43,47). The summed E-state index contributed by atoms with van der Waals surface area (Å²) in [4.78, 5) is 63.0. The number of thiazole rings is 1. The van der Waals surface area contributed by atoms with Gasteiger partial charge in [0.15, 0.2) is 0 Å². The van der Waals surface area contributed by atoms with Gasteiger partial charge < -0.3 is 25.2 Å². The Bertz CT molecular complexity index is 1390. The number of aromatic nitrogens is 1. The minimum Gasteiger partial charge on any atom is -0.378 e. The van der Waals surface area contributed by atoms with Gasteiger partial charge in [-0.05, 0) is 42.6 Å². The summed E-state index contributed by atoms with van der Waals surface area (Å²) >= 11 is 1.52. The number of hydrogen-bond acceptors (Lipinski definition) is 7. The normalized spacial score (nSPS) is 18.8. The van der Waals surface area contributed by atoms with Crippen molar-refractivity contribution in [3.05, 3.63) is 52.5 Å². The fourth-order valence-electron chi connectivity index (χ4n) is 7.50. The molecule has 8 unspecified atom stereocenters. The summed E-state index contributed by atoms with van der Waals surface area (Å²) in [6.07, 6.45) is 5.30. The van der Waals surface area contributed by atoms with E-state index in [4.69, 9.17) is 4.74 Å². The number of ether oxygens (including phenoxy) is 1. The molecular weight excluding hydrogens is 663 g/mol. The molecule has 0 spiro atoms. The van der Waals surface area contributed by atoms with E-state index in [2.05, 4.69) is 36.4 Å². The van der Waals surface area contributed by atoms with E-state index in [1.165, 1.54) is 11.3 Å². The SMILES string of the molecule is CCC(C)C(C(CC)CC(=O)N1CCCC1C(OC)C(C)C(=O)NC(Cc1ccccc1)c1nccs1)N(C)C(=O)C(NC(=O)C(C)C)C(C)C. The van der Waals surface area contributed by atoms with Crippen molar-refractivity contribution in [3.8, 4) is 0 Å². The van der Waals surface area contributed by atoms with Crippen LogP contribution in [0.15, 0.2) is 41.9 Å². The Hall–Kier alpha value is -3.31. The topological polar surface area (TPSA) is 121 Å². The molecule has 2 N–H and O–H groups in total. The Labute approximate surface area is 310 Å². The van der Waals surface area contributed by atoms with E-state index in [9.17, 15) is 19.2 Å². The van der Waals surface area contributed by atoms with E-state index in [1.54, 1.807) is 18.2 Å². The van der Waals surface area contributed by atoms with E-state index >= 15 is 0 Å². The second-order valence-corrected chi connectivity index (χ2v) is 15.9. The van der Waals surface area contributed by atoms with Crippen LogP contribution in [0.25, 0.3) is 0 Å². The van der Waals surface area contributed by atoms with Crippen LogP contribution in [0.1, 0.15) is 104 Å². The average Bonchev–Trinajstić information content (AvgIpc) is 3.83. The monoisotopic (exact) mass is 725 g/mol. The molecule has 10 nitrogen and oxygen atoms in total. The molecule has 1 saturated heterocycles. The Balaban J connectivity index is 1.78. The summed E-state index contributed by atoms with van der Waals surface area (Å²) in [5, 5.41) is 8.98. The van der Waals surface area contributed by atoms with Crippen LogP contribution < -0.4 is 10.6 Å². The third kappa shape index (κ3) is 11.1. The van der Waals surface area contributed by atoms with Crippen LogP contribution in [-0.2, 0) is 30.3 Å². The third-order valence-electron chi connectivity index (χ3n) is 10.7. The van der Waals surface area contributed by atoms with Crippen LogP contribution in [0.3, 0.4) is 0 Å². The number of carbonyl (C=O) groups is 4. The van der Waals surface area contributed by atoms with Gasteiger partial charge in [-0.1, -0.05) is 98.6 Å². The summed E-state index contributed by atoms with van der Waals surface area (Å²) in [6, 6.07) is 8.69. The molecule has 1 fully saturated rings. The van der Waals surface area contributed by atoms with Gasteiger partial charge in [0.2, 0.25) is 23.6 Å². The van der Waals surface area contributed by atoms with Crippen LogP contribution >= 0.6 is 11.3 Å². The number of benzene rings is 1. The van der Waals surface area contributed by atoms with Gasteiger partial charge in [0.1, 0.15) is 11.0 Å². The first-order valence-corrected chi connectivity index (χ1v) is 19.8. The number of methoxy groups -OCH3 is 1. The van der Waals surface area contributed by atoms with Crippen LogP contribution in [-0.4, -0.2) is 83.3 Å². The lowest BCUT2D eigenvalue weighted by Crippen LogP contribution is -2.56. The molecular formula is C40H63N5O5S. The van der Waals surface area contributed by atoms with Crippen molar-refractivity contribution < 1.29 is 23.9 Å². The molecule has 0 saturated carbocycles. The van der Waals surface area contributed by atoms with Gasteiger partial charge in [0.05, 0.1) is 24.1 Å². The molecule has 2 heterocycles. The number of carbonyl (C=O) groups excluding carboxylic acids is 4. The molecule has 51 heavy (non-hydrogen) atoms. The Kier molecular flexibility index (Phi) is 16.6. The molecule has 2 aromatic rings. The zero-order valence-corrected chi connectivity index (χ0v) is 33.4. The lowest BCUT2D eigenvalue weighted by Gasteiger charge is -2.41. The van der Waals surface area contributed by atoms with E-state index in [0.717, 1.165) is 29.8 Å². The van der Waals surface area contributed by atoms with Crippen LogP contribution in [0.4, 0.5) is 0 Å². The first kappa shape index (κ1) is 42.1. The Morgan fingerprint density at radius 2 is 1.69 bits per heavy atom. The van der Waals surface area contributed by atoms with Gasteiger partial charge in [-0.3, -0.25) is 19.2 Å². The summed E-state index contributed by atoms with van der Waals surface area (Å²) in [7, 11) is 3.44. The Morgan fingerprint density at radius 1 is 1.00 bits per heavy atom. The van der Waals surface area contributed by atoms with Crippen LogP contribution in [0, 0.1) is 29.6 Å². The predicted molar refractivity (Wildman–Crippen MR) is 204 cm³/mol. The molecule has 4 amide bonds. The highest BCUT2D eigenvalue weighted by molar-refractivity contribution is 7.09. The highest BCUT2D eigenvalue weighted by Crippen LogP contribution is 2.32. The third-order valence-corrected chi connectivity index (χ3v) is 11.6. The molecule has 0 bridgehead atoms. The van der Waals surface area contributed by atoms with Crippen molar-refractivity contribution in [2.24, 2.45) is 29.6 Å². The number of nitrogens with zero attached hydrogens (tertiary/aromatic N) is 3. The smallest absolute Gasteiger partial charge is 0.245 e. The molecule has 284 valence electrons. The van der Waals surface area contributed by atoms with E-state index < -0.39 is 18.1 Å². The van der Waals surface area contributed by atoms with Gasteiger partial charge in [0, 0.05) is 50.7 Å². The molecule has 11 heteroatoms. The van der Waals surface area contributed by atoms with Crippen molar-refractivity contribution in [2.75, 3.05) is 20.7 Å². The lowest BCUT2D eigenvalue weighted by molar-refractivity contribution is -0.144. The second kappa shape index (κ2) is 20.1. The van der Waals surface area contributed by atoms with Gasteiger partial charge in [-0.25, -0.2) is 4.98 Å². The molecule has 1 aliphatic rings. The minimum atomic E-state index is -0.648. The van der Waals surface area contributed by atoms with E-state index in [1.807, 2.05) is 82.3 Å².